The van der Waals surface area contributed by atoms with Gasteiger partial charge in [-0.05, 0) is 11.4 Å². The summed E-state index contributed by atoms with van der Waals surface area (Å²) in [6.07, 6.45) is 0. The van der Waals surface area contributed by atoms with Gasteiger partial charge in [0, 0.05) is 16.3 Å². The van der Waals surface area contributed by atoms with E-state index >= 15 is 0 Å². The molecule has 0 bridgehead atoms. The van der Waals surface area contributed by atoms with Crippen LogP contribution in [0.4, 0.5) is 0 Å². The highest BCUT2D eigenvalue weighted by molar-refractivity contribution is 7.14. The number of hydrogen-bond acceptors (Lipinski definition) is 6. The number of carbonyl (C=O) groups is 3. The largest absolute Gasteiger partial charge is 0.480 e. The second-order valence-corrected chi connectivity index (χ2v) is 5.64. The Labute approximate surface area is 127 Å². The van der Waals surface area contributed by atoms with Gasteiger partial charge in [0.2, 0.25) is 0 Å². The smallest absolute Gasteiger partial charge is 0.323 e. The highest BCUT2D eigenvalue weighted by atomic mass is 32.1. The van der Waals surface area contributed by atoms with E-state index in [9.17, 15) is 14.4 Å². The number of carbonyl (C=O) groups excluding carboxylic acids is 1. The van der Waals surface area contributed by atoms with Crippen LogP contribution in [0, 0.1) is 0 Å². The lowest BCUT2D eigenvalue weighted by Crippen LogP contribution is -2.39. The molecule has 0 aliphatic heterocycles. The molecule has 2 rings (SSSR count). The van der Waals surface area contributed by atoms with Gasteiger partial charge in [0.1, 0.15) is 23.8 Å². The van der Waals surface area contributed by atoms with Crippen LogP contribution >= 0.6 is 22.7 Å². The molecule has 110 valence electrons. The first kappa shape index (κ1) is 15.1. The molecule has 2 heterocycles. The average Bonchev–Trinajstić information content (AvgIpc) is 3.06. The molecule has 21 heavy (non-hydrogen) atoms. The molecule has 0 unspecified atom stereocenters. The van der Waals surface area contributed by atoms with Crippen LogP contribution in [0.2, 0.25) is 0 Å². The summed E-state index contributed by atoms with van der Waals surface area (Å²) in [7, 11) is 0. The van der Waals surface area contributed by atoms with E-state index in [1.807, 2.05) is 16.8 Å². The van der Waals surface area contributed by atoms with Gasteiger partial charge in [0.25, 0.3) is 5.91 Å². The number of thiazole rings is 1. The molecule has 0 saturated heterocycles. The van der Waals surface area contributed by atoms with E-state index in [2.05, 4.69) is 4.98 Å². The fraction of sp³-hybridized carbons (Fsp3) is 0.167. The van der Waals surface area contributed by atoms with Crippen LogP contribution in [0.5, 0.6) is 0 Å². The van der Waals surface area contributed by atoms with Gasteiger partial charge in [0.05, 0.1) is 0 Å². The van der Waals surface area contributed by atoms with E-state index in [-0.39, 0.29) is 5.69 Å². The van der Waals surface area contributed by atoms with Gasteiger partial charge in [-0.15, -0.1) is 11.3 Å². The monoisotopic (exact) mass is 326 g/mol. The van der Waals surface area contributed by atoms with Crippen molar-refractivity contribution in [3.05, 3.63) is 27.9 Å². The van der Waals surface area contributed by atoms with Crippen LogP contribution in [0.3, 0.4) is 0 Å². The highest BCUT2D eigenvalue weighted by Gasteiger charge is 2.23. The number of aliphatic carboxylic acids is 2. The summed E-state index contributed by atoms with van der Waals surface area (Å²) in [6.45, 7) is -1.37. The van der Waals surface area contributed by atoms with E-state index in [1.54, 1.807) is 0 Å². The van der Waals surface area contributed by atoms with Crippen molar-refractivity contribution in [3.63, 3.8) is 0 Å². The number of rotatable bonds is 6. The lowest BCUT2D eigenvalue weighted by Gasteiger charge is -2.16. The molecular weight excluding hydrogens is 316 g/mol. The molecule has 0 aliphatic rings. The Balaban J connectivity index is 2.20. The lowest BCUT2D eigenvalue weighted by atomic mass is 10.3. The fourth-order valence-electron chi connectivity index (χ4n) is 1.58. The molecule has 2 N–H and O–H groups in total. The molecular formula is C12H10N2O5S2. The Kier molecular flexibility index (Phi) is 4.66. The summed E-state index contributed by atoms with van der Waals surface area (Å²) in [5.41, 5.74) is 0.913. The lowest BCUT2D eigenvalue weighted by molar-refractivity contribution is -0.140. The maximum Gasteiger partial charge on any atom is 0.323 e. The summed E-state index contributed by atoms with van der Waals surface area (Å²) in [5.74, 6) is -3.27. The minimum atomic E-state index is -1.28. The first-order valence-corrected chi connectivity index (χ1v) is 7.50. The number of carboxylic acids is 2. The van der Waals surface area contributed by atoms with Gasteiger partial charge < -0.3 is 15.1 Å². The van der Waals surface area contributed by atoms with Gasteiger partial charge >= 0.3 is 11.9 Å². The minimum Gasteiger partial charge on any atom is -0.480 e. The number of hydrogen-bond donors (Lipinski definition) is 2. The molecule has 1 amide bonds. The Hall–Kier alpha value is -2.26. The normalized spacial score (nSPS) is 10.3. The van der Waals surface area contributed by atoms with Gasteiger partial charge in [-0.2, -0.15) is 11.3 Å². The van der Waals surface area contributed by atoms with Crippen LogP contribution < -0.4 is 0 Å². The molecule has 9 heteroatoms. The fourth-order valence-corrected chi connectivity index (χ4v) is 3.08. The zero-order valence-corrected chi connectivity index (χ0v) is 12.2. The number of nitrogens with zero attached hydrogens (tertiary/aromatic N) is 2. The first-order valence-electron chi connectivity index (χ1n) is 5.68. The van der Waals surface area contributed by atoms with Crippen LogP contribution in [0.15, 0.2) is 22.2 Å². The molecule has 0 spiro atoms. The molecule has 0 atom stereocenters. The molecule has 0 radical (unpaired) electrons. The maximum atomic E-state index is 12.1. The van der Waals surface area contributed by atoms with Crippen LogP contribution in [0.1, 0.15) is 10.5 Å². The van der Waals surface area contributed by atoms with E-state index in [1.165, 1.54) is 28.1 Å². The van der Waals surface area contributed by atoms with Gasteiger partial charge in [-0.1, -0.05) is 0 Å². The molecule has 0 fully saturated rings. The van der Waals surface area contributed by atoms with Crippen LogP contribution in [-0.2, 0) is 9.59 Å². The van der Waals surface area contributed by atoms with Crippen molar-refractivity contribution in [3.8, 4) is 10.6 Å². The minimum absolute atomic E-state index is 0.0451. The van der Waals surface area contributed by atoms with Gasteiger partial charge in [-0.3, -0.25) is 14.4 Å². The van der Waals surface area contributed by atoms with E-state index in [0.717, 1.165) is 10.5 Å². The Morgan fingerprint density at radius 1 is 1.14 bits per heavy atom. The number of carboxylic acid groups (broad SMARTS) is 2. The molecule has 7 nitrogen and oxygen atoms in total. The standard InChI is InChI=1S/C12H10N2O5S2/c15-9(16)3-14(4-10(17)18)12(19)8-6-21-11(13-8)7-1-2-20-5-7/h1-2,5-6H,3-4H2,(H,15,16)(H,17,18). The molecule has 0 aliphatic carbocycles. The molecule has 0 aromatic carbocycles. The molecule has 0 saturated carbocycles. The maximum absolute atomic E-state index is 12.1. The van der Waals surface area contributed by atoms with E-state index in [4.69, 9.17) is 10.2 Å². The Morgan fingerprint density at radius 3 is 2.33 bits per heavy atom. The number of aromatic nitrogens is 1. The zero-order valence-electron chi connectivity index (χ0n) is 10.6. The molecule has 2 aromatic rings. The van der Waals surface area contributed by atoms with Crippen molar-refractivity contribution in [1.82, 2.24) is 9.88 Å². The van der Waals surface area contributed by atoms with Crippen molar-refractivity contribution in [1.29, 1.82) is 0 Å². The summed E-state index contributed by atoms with van der Waals surface area (Å²) in [5, 5.41) is 23.4. The Morgan fingerprint density at radius 2 is 1.81 bits per heavy atom. The summed E-state index contributed by atoms with van der Waals surface area (Å²) >= 11 is 2.74. The third-order valence-electron chi connectivity index (χ3n) is 2.43. The van der Waals surface area contributed by atoms with Crippen molar-refractivity contribution < 1.29 is 24.6 Å². The topological polar surface area (TPSA) is 108 Å². The van der Waals surface area contributed by atoms with E-state index in [0.29, 0.717) is 5.01 Å². The second-order valence-electron chi connectivity index (χ2n) is 4.00. The number of amides is 1. The highest BCUT2D eigenvalue weighted by Crippen LogP contribution is 2.26. The van der Waals surface area contributed by atoms with Gasteiger partial charge in [-0.25, -0.2) is 4.98 Å². The van der Waals surface area contributed by atoms with Crippen molar-refractivity contribution in [2.75, 3.05) is 13.1 Å². The summed E-state index contributed by atoms with van der Waals surface area (Å²) in [6, 6.07) is 1.85. The van der Waals surface area contributed by atoms with Crippen molar-refractivity contribution in [2.24, 2.45) is 0 Å². The summed E-state index contributed by atoms with van der Waals surface area (Å²) in [4.78, 5) is 38.4. The zero-order chi connectivity index (χ0) is 15.4. The van der Waals surface area contributed by atoms with Crippen LogP contribution in [0.25, 0.3) is 10.6 Å². The van der Waals surface area contributed by atoms with Gasteiger partial charge in [0.15, 0.2) is 0 Å². The summed E-state index contributed by atoms with van der Waals surface area (Å²) < 4.78 is 0. The average molecular weight is 326 g/mol. The Bertz CT molecular complexity index is 649. The van der Waals surface area contributed by atoms with E-state index < -0.39 is 30.9 Å². The van der Waals surface area contributed by atoms with Crippen molar-refractivity contribution in [2.45, 2.75) is 0 Å². The third-order valence-corrected chi connectivity index (χ3v) is 4.01. The SMILES string of the molecule is O=C(O)CN(CC(=O)O)C(=O)c1csc(-c2ccsc2)n1. The predicted molar refractivity (Wildman–Crippen MR) is 76.6 cm³/mol. The first-order chi connectivity index (χ1) is 9.97. The molecule has 2 aromatic heterocycles. The van der Waals surface area contributed by atoms with Crippen LogP contribution in [-0.4, -0.2) is 51.0 Å². The third kappa shape index (κ3) is 3.86. The second kappa shape index (κ2) is 6.46. The number of thiophene rings is 1. The predicted octanol–water partition coefficient (Wildman–Crippen LogP) is 1.48. The quantitative estimate of drug-likeness (QED) is 0.832. The van der Waals surface area contributed by atoms with Crippen molar-refractivity contribution >= 4 is 40.5 Å².